The molecule has 0 saturated carbocycles. The summed E-state index contributed by atoms with van der Waals surface area (Å²) >= 11 is 1.71. The van der Waals surface area contributed by atoms with Crippen molar-refractivity contribution in [3.63, 3.8) is 0 Å². The van der Waals surface area contributed by atoms with Gasteiger partial charge in [-0.2, -0.15) is 0 Å². The van der Waals surface area contributed by atoms with Gasteiger partial charge in [0.25, 0.3) is 0 Å². The predicted molar refractivity (Wildman–Crippen MR) is 109 cm³/mol. The van der Waals surface area contributed by atoms with Gasteiger partial charge < -0.3 is 4.57 Å². The molecule has 3 nitrogen and oxygen atoms in total. The molecule has 132 valence electrons. The second-order valence-corrected chi connectivity index (χ2v) is 7.86. The van der Waals surface area contributed by atoms with Crippen LogP contribution in [0.2, 0.25) is 0 Å². The van der Waals surface area contributed by atoms with E-state index in [0.717, 1.165) is 30.1 Å². The summed E-state index contributed by atoms with van der Waals surface area (Å²) in [5.41, 5.74) is 7.58. The summed E-state index contributed by atoms with van der Waals surface area (Å²) in [5, 5.41) is 4.59. The Kier molecular flexibility index (Phi) is 4.60. The van der Waals surface area contributed by atoms with E-state index >= 15 is 0 Å². The fourth-order valence-electron chi connectivity index (χ4n) is 3.60. The number of nitrogens with zero attached hydrogens (tertiary/aromatic N) is 3. The van der Waals surface area contributed by atoms with Crippen molar-refractivity contribution in [3.8, 4) is 0 Å². The van der Waals surface area contributed by atoms with Crippen molar-refractivity contribution in [2.75, 3.05) is 0 Å². The topological polar surface area (TPSA) is 30.7 Å². The molecule has 0 atom stereocenters. The maximum atomic E-state index is 4.75. The molecule has 4 aromatic rings. The van der Waals surface area contributed by atoms with E-state index in [1.807, 2.05) is 6.20 Å². The van der Waals surface area contributed by atoms with Crippen LogP contribution in [0.1, 0.15) is 33.2 Å². The number of aryl methyl sites for hydroxylation is 4. The maximum Gasteiger partial charge on any atom is 0.0898 e. The van der Waals surface area contributed by atoms with Gasteiger partial charge in [0.2, 0.25) is 0 Å². The highest BCUT2D eigenvalue weighted by atomic mass is 32.1. The summed E-state index contributed by atoms with van der Waals surface area (Å²) in [5.74, 6) is 0. The molecule has 0 fully saturated rings. The van der Waals surface area contributed by atoms with Gasteiger partial charge in [-0.3, -0.25) is 4.98 Å². The molecule has 0 saturated heterocycles. The second-order valence-electron chi connectivity index (χ2n) is 6.79. The molecule has 1 aromatic carbocycles. The van der Waals surface area contributed by atoms with Crippen LogP contribution in [-0.4, -0.2) is 14.5 Å². The third kappa shape index (κ3) is 3.17. The number of pyridine rings is 1. The molecule has 4 rings (SSSR count). The highest BCUT2D eigenvalue weighted by Crippen LogP contribution is 2.28. The Bertz CT molecular complexity index is 1040. The van der Waals surface area contributed by atoms with E-state index in [2.05, 4.69) is 72.1 Å². The molecule has 3 aromatic heterocycles. The average Bonchev–Trinajstić information content (AvgIpc) is 3.18. The zero-order chi connectivity index (χ0) is 18.1. The van der Waals surface area contributed by atoms with Gasteiger partial charge in [0.05, 0.1) is 28.5 Å². The summed E-state index contributed by atoms with van der Waals surface area (Å²) in [6, 6.07) is 12.8. The van der Waals surface area contributed by atoms with Crippen molar-refractivity contribution in [1.29, 1.82) is 0 Å². The lowest BCUT2D eigenvalue weighted by molar-refractivity contribution is 0.770. The summed E-state index contributed by atoms with van der Waals surface area (Å²) in [7, 11) is 0. The number of thiazole rings is 1. The number of aromatic nitrogens is 3. The molecule has 0 amide bonds. The van der Waals surface area contributed by atoms with Crippen LogP contribution in [0.3, 0.4) is 0 Å². The Balaban J connectivity index is 1.74. The Morgan fingerprint density at radius 3 is 2.54 bits per heavy atom. The smallest absolute Gasteiger partial charge is 0.0898 e. The van der Waals surface area contributed by atoms with E-state index in [9.17, 15) is 0 Å². The van der Waals surface area contributed by atoms with Gasteiger partial charge in [-0.1, -0.05) is 30.3 Å². The van der Waals surface area contributed by atoms with Crippen LogP contribution < -0.4 is 0 Å². The van der Waals surface area contributed by atoms with Crippen LogP contribution in [0.4, 0.5) is 0 Å². The third-order valence-electron chi connectivity index (χ3n) is 5.10. The van der Waals surface area contributed by atoms with Crippen molar-refractivity contribution in [1.82, 2.24) is 14.5 Å². The molecule has 0 spiro atoms. The second kappa shape index (κ2) is 7.04. The lowest BCUT2D eigenvalue weighted by atomic mass is 10.1. The molecule has 0 unspecified atom stereocenters. The summed E-state index contributed by atoms with van der Waals surface area (Å²) in [6.07, 6.45) is 3.90. The quantitative estimate of drug-likeness (QED) is 0.486. The summed E-state index contributed by atoms with van der Waals surface area (Å²) in [6.45, 7) is 7.29. The first-order valence-corrected chi connectivity index (χ1v) is 9.89. The molecule has 0 N–H and O–H groups in total. The molecule has 0 aliphatic heterocycles. The van der Waals surface area contributed by atoms with E-state index in [4.69, 9.17) is 4.98 Å². The Morgan fingerprint density at radius 2 is 1.81 bits per heavy atom. The van der Waals surface area contributed by atoms with Crippen molar-refractivity contribution in [3.05, 3.63) is 81.2 Å². The van der Waals surface area contributed by atoms with E-state index in [1.54, 1.807) is 11.3 Å². The molecule has 0 radical (unpaired) electrons. The minimum atomic E-state index is 0.810. The molecular formula is C22H23N3S. The number of rotatable bonds is 5. The number of benzene rings is 1. The molecule has 3 heterocycles. The van der Waals surface area contributed by atoms with Crippen LogP contribution in [0.15, 0.2) is 48.0 Å². The monoisotopic (exact) mass is 361 g/mol. The molecule has 26 heavy (non-hydrogen) atoms. The van der Waals surface area contributed by atoms with Crippen LogP contribution in [0.25, 0.3) is 10.9 Å². The van der Waals surface area contributed by atoms with Crippen LogP contribution in [0, 0.1) is 20.8 Å². The Hall–Kier alpha value is -2.46. The molecule has 4 heteroatoms. The first-order chi connectivity index (χ1) is 12.6. The number of fused-ring (bicyclic) bond motifs is 1. The summed E-state index contributed by atoms with van der Waals surface area (Å²) in [4.78, 5) is 9.41. The van der Waals surface area contributed by atoms with E-state index in [1.165, 1.54) is 33.4 Å². The van der Waals surface area contributed by atoms with Crippen molar-refractivity contribution in [2.24, 2.45) is 0 Å². The van der Waals surface area contributed by atoms with Gasteiger partial charge in [-0.25, -0.2) is 4.98 Å². The fourth-order valence-corrected chi connectivity index (χ4v) is 4.20. The zero-order valence-electron chi connectivity index (χ0n) is 15.5. The average molecular weight is 362 g/mol. The standard InChI is InChI=1S/C22H23N3S/c1-15-16(2)25(13-19-14-26-17(3)24-19)22-20(15)11-12-23-21(22)10-9-18-7-5-4-6-8-18/h4-8,11-12,14H,9-10,13H2,1-3H3. The Labute approximate surface area is 158 Å². The van der Waals surface area contributed by atoms with Gasteiger partial charge in [0.1, 0.15) is 0 Å². The SMILES string of the molecule is Cc1nc(Cn2c(C)c(C)c3ccnc(CCc4ccccc4)c32)cs1. The first kappa shape index (κ1) is 17.0. The van der Waals surface area contributed by atoms with Crippen molar-refractivity contribution >= 4 is 22.2 Å². The summed E-state index contributed by atoms with van der Waals surface area (Å²) < 4.78 is 2.40. The lowest BCUT2D eigenvalue weighted by Crippen LogP contribution is -2.05. The van der Waals surface area contributed by atoms with Gasteiger partial charge in [0.15, 0.2) is 0 Å². The first-order valence-electron chi connectivity index (χ1n) is 9.01. The lowest BCUT2D eigenvalue weighted by Gasteiger charge is -2.10. The maximum absolute atomic E-state index is 4.75. The largest absolute Gasteiger partial charge is 0.337 e. The molecular weight excluding hydrogens is 338 g/mol. The van der Waals surface area contributed by atoms with Crippen molar-refractivity contribution in [2.45, 2.75) is 40.2 Å². The number of hydrogen-bond donors (Lipinski definition) is 0. The van der Waals surface area contributed by atoms with Gasteiger partial charge >= 0.3 is 0 Å². The Morgan fingerprint density at radius 1 is 1.00 bits per heavy atom. The van der Waals surface area contributed by atoms with Gasteiger partial charge in [0, 0.05) is 22.7 Å². The normalized spacial score (nSPS) is 11.3. The van der Waals surface area contributed by atoms with Gasteiger partial charge in [-0.15, -0.1) is 11.3 Å². The van der Waals surface area contributed by atoms with Crippen LogP contribution in [0.5, 0.6) is 0 Å². The van der Waals surface area contributed by atoms with Crippen LogP contribution in [-0.2, 0) is 19.4 Å². The third-order valence-corrected chi connectivity index (χ3v) is 5.92. The van der Waals surface area contributed by atoms with E-state index in [0.29, 0.717) is 0 Å². The van der Waals surface area contributed by atoms with Crippen LogP contribution >= 0.6 is 11.3 Å². The molecule has 0 bridgehead atoms. The number of hydrogen-bond acceptors (Lipinski definition) is 3. The van der Waals surface area contributed by atoms with Crippen molar-refractivity contribution < 1.29 is 0 Å². The minimum absolute atomic E-state index is 0.810. The highest BCUT2D eigenvalue weighted by Gasteiger charge is 2.16. The van der Waals surface area contributed by atoms with E-state index < -0.39 is 0 Å². The van der Waals surface area contributed by atoms with Gasteiger partial charge in [-0.05, 0) is 50.8 Å². The van der Waals surface area contributed by atoms with E-state index in [-0.39, 0.29) is 0 Å². The molecule has 0 aliphatic rings. The predicted octanol–water partition coefficient (Wildman–Crippen LogP) is 5.25. The fraction of sp³-hybridized carbons (Fsp3) is 0.273. The molecule has 0 aliphatic carbocycles. The zero-order valence-corrected chi connectivity index (χ0v) is 16.3. The highest BCUT2D eigenvalue weighted by molar-refractivity contribution is 7.09. The minimum Gasteiger partial charge on any atom is -0.337 e.